The van der Waals surface area contributed by atoms with Crippen LogP contribution in [0.3, 0.4) is 0 Å². The molecule has 3 nitrogen and oxygen atoms in total. The lowest BCUT2D eigenvalue weighted by Gasteiger charge is -2.31. The average Bonchev–Trinajstić information content (AvgIpc) is 2.47. The normalized spacial score (nSPS) is 19.6. The standard InChI is InChI=1S/C15H19NO2S/c1-3-11-10-16(9-8-14(11)17)15(18)12-4-6-13(19-2)7-5-12/h4-7,11H,3,8-10H2,1-2H3. The van der Waals surface area contributed by atoms with Crippen molar-refractivity contribution in [2.75, 3.05) is 19.3 Å². The lowest BCUT2D eigenvalue weighted by Crippen LogP contribution is -2.43. The third-order valence-electron chi connectivity index (χ3n) is 3.64. The monoisotopic (exact) mass is 277 g/mol. The Morgan fingerprint density at radius 3 is 2.63 bits per heavy atom. The number of thioether (sulfide) groups is 1. The van der Waals surface area contributed by atoms with E-state index >= 15 is 0 Å². The quantitative estimate of drug-likeness (QED) is 0.797. The van der Waals surface area contributed by atoms with Crippen LogP contribution >= 0.6 is 11.8 Å². The Hall–Kier alpha value is -1.29. The summed E-state index contributed by atoms with van der Waals surface area (Å²) in [6.07, 6.45) is 3.32. The first-order valence-corrected chi connectivity index (χ1v) is 7.84. The number of carbonyl (C=O) groups excluding carboxylic acids is 2. The van der Waals surface area contributed by atoms with E-state index in [9.17, 15) is 9.59 Å². The van der Waals surface area contributed by atoms with Gasteiger partial charge in [-0.1, -0.05) is 6.92 Å². The molecule has 4 heteroatoms. The highest BCUT2D eigenvalue weighted by Crippen LogP contribution is 2.20. The molecule has 1 heterocycles. The Morgan fingerprint density at radius 1 is 1.37 bits per heavy atom. The van der Waals surface area contributed by atoms with Crippen LogP contribution in [-0.2, 0) is 4.79 Å². The molecule has 1 saturated heterocycles. The van der Waals surface area contributed by atoms with Gasteiger partial charge in [0, 0.05) is 35.9 Å². The van der Waals surface area contributed by atoms with E-state index in [4.69, 9.17) is 0 Å². The van der Waals surface area contributed by atoms with Crippen LogP contribution < -0.4 is 0 Å². The summed E-state index contributed by atoms with van der Waals surface area (Å²) in [4.78, 5) is 27.0. The van der Waals surface area contributed by atoms with Gasteiger partial charge in [0.1, 0.15) is 5.78 Å². The minimum atomic E-state index is 0.0168. The van der Waals surface area contributed by atoms with Gasteiger partial charge in [0.15, 0.2) is 0 Å². The summed E-state index contributed by atoms with van der Waals surface area (Å²) in [6, 6.07) is 7.66. The summed E-state index contributed by atoms with van der Waals surface area (Å²) in [6.45, 7) is 3.13. The number of ketones is 1. The molecular weight excluding hydrogens is 258 g/mol. The van der Waals surface area contributed by atoms with Crippen molar-refractivity contribution in [3.8, 4) is 0 Å². The molecular formula is C15H19NO2S. The number of Topliss-reactive ketones (excluding diaryl/α,β-unsaturated/α-hetero) is 1. The molecule has 1 aliphatic rings. The number of piperidine rings is 1. The molecule has 1 atom stereocenters. The van der Waals surface area contributed by atoms with Crippen molar-refractivity contribution in [3.63, 3.8) is 0 Å². The highest BCUT2D eigenvalue weighted by atomic mass is 32.2. The Bertz CT molecular complexity index is 470. The molecule has 2 rings (SSSR count). The average molecular weight is 277 g/mol. The first kappa shape index (κ1) is 14.1. The van der Waals surface area contributed by atoms with E-state index in [1.807, 2.05) is 42.3 Å². The summed E-state index contributed by atoms with van der Waals surface area (Å²) in [5.74, 6) is 0.353. The molecule has 1 aromatic carbocycles. The van der Waals surface area contributed by atoms with E-state index in [1.54, 1.807) is 11.8 Å². The van der Waals surface area contributed by atoms with Gasteiger partial charge in [0.05, 0.1) is 0 Å². The maximum Gasteiger partial charge on any atom is 0.253 e. The lowest BCUT2D eigenvalue weighted by atomic mass is 9.93. The van der Waals surface area contributed by atoms with E-state index < -0.39 is 0 Å². The molecule has 1 fully saturated rings. The topological polar surface area (TPSA) is 37.4 Å². The summed E-state index contributed by atoms with van der Waals surface area (Å²) in [5, 5.41) is 0. The second kappa shape index (κ2) is 6.24. The number of hydrogen-bond acceptors (Lipinski definition) is 3. The van der Waals surface area contributed by atoms with Gasteiger partial charge in [-0.25, -0.2) is 0 Å². The van der Waals surface area contributed by atoms with Crippen molar-refractivity contribution < 1.29 is 9.59 Å². The predicted molar refractivity (Wildman–Crippen MR) is 77.5 cm³/mol. The molecule has 0 radical (unpaired) electrons. The molecule has 1 aliphatic heterocycles. The van der Waals surface area contributed by atoms with Crippen molar-refractivity contribution in [1.82, 2.24) is 4.90 Å². The van der Waals surface area contributed by atoms with E-state index in [1.165, 1.54) is 0 Å². The van der Waals surface area contributed by atoms with Crippen molar-refractivity contribution in [2.45, 2.75) is 24.7 Å². The van der Waals surface area contributed by atoms with Gasteiger partial charge in [-0.3, -0.25) is 9.59 Å². The smallest absolute Gasteiger partial charge is 0.253 e. The number of nitrogens with zero attached hydrogens (tertiary/aromatic N) is 1. The fraction of sp³-hybridized carbons (Fsp3) is 0.467. The molecule has 0 spiro atoms. The van der Waals surface area contributed by atoms with Crippen LogP contribution in [0, 0.1) is 5.92 Å². The Balaban J connectivity index is 2.08. The van der Waals surface area contributed by atoms with E-state index in [-0.39, 0.29) is 11.8 Å². The molecule has 1 amide bonds. The van der Waals surface area contributed by atoms with E-state index in [2.05, 4.69) is 0 Å². The second-order valence-corrected chi connectivity index (χ2v) is 5.68. The predicted octanol–water partition coefficient (Wildman–Crippen LogP) is 2.85. The molecule has 102 valence electrons. The van der Waals surface area contributed by atoms with Gasteiger partial charge >= 0.3 is 0 Å². The summed E-state index contributed by atoms with van der Waals surface area (Å²) >= 11 is 1.66. The first-order chi connectivity index (χ1) is 9.15. The maximum atomic E-state index is 12.4. The van der Waals surface area contributed by atoms with Gasteiger partial charge in [-0.2, -0.15) is 0 Å². The van der Waals surface area contributed by atoms with Gasteiger partial charge in [0.25, 0.3) is 5.91 Å². The van der Waals surface area contributed by atoms with Crippen LogP contribution in [0.1, 0.15) is 30.1 Å². The minimum absolute atomic E-state index is 0.0168. The highest BCUT2D eigenvalue weighted by Gasteiger charge is 2.28. The third-order valence-corrected chi connectivity index (χ3v) is 4.38. The number of rotatable bonds is 3. The third kappa shape index (κ3) is 3.18. The second-order valence-electron chi connectivity index (χ2n) is 4.80. The van der Waals surface area contributed by atoms with Gasteiger partial charge in [0.2, 0.25) is 0 Å². The fourth-order valence-electron chi connectivity index (χ4n) is 2.37. The maximum absolute atomic E-state index is 12.4. The molecule has 1 unspecified atom stereocenters. The zero-order valence-electron chi connectivity index (χ0n) is 11.4. The van der Waals surface area contributed by atoms with Crippen molar-refractivity contribution in [1.29, 1.82) is 0 Å². The van der Waals surface area contributed by atoms with Crippen LogP contribution in [0.2, 0.25) is 0 Å². The number of amides is 1. The summed E-state index contributed by atoms with van der Waals surface area (Å²) in [7, 11) is 0. The van der Waals surface area contributed by atoms with Gasteiger partial charge in [-0.15, -0.1) is 11.8 Å². The van der Waals surface area contributed by atoms with E-state index in [0.717, 1.165) is 11.3 Å². The zero-order valence-corrected chi connectivity index (χ0v) is 12.2. The zero-order chi connectivity index (χ0) is 13.8. The Labute approximate surface area is 118 Å². The van der Waals surface area contributed by atoms with Crippen molar-refractivity contribution in [2.24, 2.45) is 5.92 Å². The molecule has 0 aromatic heterocycles. The molecule has 19 heavy (non-hydrogen) atoms. The highest BCUT2D eigenvalue weighted by molar-refractivity contribution is 7.98. The first-order valence-electron chi connectivity index (χ1n) is 6.61. The number of carbonyl (C=O) groups is 2. The van der Waals surface area contributed by atoms with Gasteiger partial charge in [-0.05, 0) is 36.9 Å². The van der Waals surface area contributed by atoms with Crippen LogP contribution in [0.25, 0.3) is 0 Å². The number of likely N-dealkylation sites (tertiary alicyclic amines) is 1. The fourth-order valence-corrected chi connectivity index (χ4v) is 2.77. The minimum Gasteiger partial charge on any atom is -0.337 e. The Morgan fingerprint density at radius 2 is 2.05 bits per heavy atom. The van der Waals surface area contributed by atoms with E-state index in [0.29, 0.717) is 30.9 Å². The lowest BCUT2D eigenvalue weighted by molar-refractivity contribution is -0.125. The SMILES string of the molecule is CCC1CN(C(=O)c2ccc(SC)cc2)CCC1=O. The van der Waals surface area contributed by atoms with Crippen LogP contribution in [0.15, 0.2) is 29.2 Å². The van der Waals surface area contributed by atoms with Crippen molar-refractivity contribution in [3.05, 3.63) is 29.8 Å². The van der Waals surface area contributed by atoms with Gasteiger partial charge < -0.3 is 4.90 Å². The van der Waals surface area contributed by atoms with Crippen LogP contribution in [-0.4, -0.2) is 35.9 Å². The van der Waals surface area contributed by atoms with Crippen molar-refractivity contribution >= 4 is 23.5 Å². The molecule has 0 bridgehead atoms. The summed E-state index contributed by atoms with van der Waals surface area (Å²) < 4.78 is 0. The molecule has 0 saturated carbocycles. The number of benzene rings is 1. The molecule has 0 aliphatic carbocycles. The molecule has 0 N–H and O–H groups in total. The largest absolute Gasteiger partial charge is 0.337 e. The molecule has 1 aromatic rings. The number of hydrogen-bond donors (Lipinski definition) is 0. The van der Waals surface area contributed by atoms with Crippen LogP contribution in [0.4, 0.5) is 0 Å². The summed E-state index contributed by atoms with van der Waals surface area (Å²) in [5.41, 5.74) is 0.710. The van der Waals surface area contributed by atoms with Crippen LogP contribution in [0.5, 0.6) is 0 Å². The Kier molecular flexibility index (Phi) is 4.64.